The van der Waals surface area contributed by atoms with Crippen LogP contribution < -0.4 is 0 Å². The van der Waals surface area contributed by atoms with Gasteiger partial charge in [-0.2, -0.15) is 0 Å². The lowest BCUT2D eigenvalue weighted by molar-refractivity contribution is -0.870. The van der Waals surface area contributed by atoms with Gasteiger partial charge in [-0.1, -0.05) is 250 Å². The minimum atomic E-state index is -4.38. The van der Waals surface area contributed by atoms with E-state index in [9.17, 15) is 19.0 Å². The summed E-state index contributed by atoms with van der Waals surface area (Å²) in [6, 6.07) is 0. The van der Waals surface area contributed by atoms with Crippen molar-refractivity contribution in [3.05, 3.63) is 24.3 Å². The van der Waals surface area contributed by atoms with Crippen LogP contribution in [0.1, 0.15) is 284 Å². The molecule has 0 aliphatic carbocycles. The number of unbranched alkanes of at least 4 members (excludes halogenated alkanes) is 36. The molecule has 0 aliphatic rings. The van der Waals surface area contributed by atoms with Crippen molar-refractivity contribution in [1.29, 1.82) is 0 Å². The Kier molecular flexibility index (Phi) is 49.3. The minimum Gasteiger partial charge on any atom is -0.462 e. The zero-order valence-corrected chi connectivity index (χ0v) is 46.5. The summed E-state index contributed by atoms with van der Waals surface area (Å²) < 4.78 is 34.5. The monoisotopic (exact) mass is 983 g/mol. The number of carbonyl (C=O) groups is 2. The SMILES string of the molecule is CCCCC/C=C\C/C=C\CCCCCCCCCC(=O)OC(COC(=O)CCCCCCCCCCCCCCCCCCCCCCCCCCCCC)COP(=O)(O)OCC[N+](C)(C)C. The van der Waals surface area contributed by atoms with E-state index in [-0.39, 0.29) is 25.6 Å². The number of esters is 2. The lowest BCUT2D eigenvalue weighted by Gasteiger charge is -2.24. The first-order chi connectivity index (χ1) is 33.0. The molecule has 0 saturated heterocycles. The van der Waals surface area contributed by atoms with Crippen molar-refractivity contribution in [2.75, 3.05) is 47.5 Å². The molecule has 0 rings (SSSR count). The highest BCUT2D eigenvalue weighted by Gasteiger charge is 2.27. The zero-order valence-electron chi connectivity index (χ0n) is 45.6. The molecule has 0 radical (unpaired) electrons. The summed E-state index contributed by atoms with van der Waals surface area (Å²) in [4.78, 5) is 35.6. The molecule has 0 amide bonds. The Labute approximate surface area is 421 Å². The van der Waals surface area contributed by atoms with Gasteiger partial charge in [-0.3, -0.25) is 18.6 Å². The second-order valence-corrected chi connectivity index (χ2v) is 22.5. The molecule has 0 fully saturated rings. The molecule has 2 unspecified atom stereocenters. The fourth-order valence-corrected chi connectivity index (χ4v) is 9.20. The maximum Gasteiger partial charge on any atom is 0.472 e. The molecular formula is C58H113NO8P+. The average molecular weight is 984 g/mol. The topological polar surface area (TPSA) is 108 Å². The van der Waals surface area contributed by atoms with Crippen LogP contribution >= 0.6 is 7.82 Å². The van der Waals surface area contributed by atoms with Crippen LogP contribution in [-0.4, -0.2) is 74.9 Å². The van der Waals surface area contributed by atoms with Gasteiger partial charge in [0.25, 0.3) is 0 Å². The molecule has 0 aromatic heterocycles. The maximum atomic E-state index is 12.8. The van der Waals surface area contributed by atoms with E-state index >= 15 is 0 Å². The number of quaternary nitrogens is 1. The standard InChI is InChI=1S/C58H112NO8P/c1-6-8-10-12-14-16-18-20-22-24-25-26-27-28-29-30-31-32-33-35-36-38-40-42-44-46-48-50-57(60)64-54-56(55-66-68(62,63)65-53-52-59(3,4)5)67-58(61)51-49-47-45-43-41-39-37-34-23-21-19-17-15-13-11-9-7-2/h15,17,21,23,56H,6-14,16,18-20,22,24-55H2,1-5H3/p+1/b17-15-,23-21-. The summed E-state index contributed by atoms with van der Waals surface area (Å²) in [5.41, 5.74) is 0. The smallest absolute Gasteiger partial charge is 0.462 e. The Morgan fingerprint density at radius 1 is 0.456 bits per heavy atom. The number of phosphoric ester groups is 1. The van der Waals surface area contributed by atoms with E-state index in [4.69, 9.17) is 18.5 Å². The quantitative estimate of drug-likeness (QED) is 0.0211. The number of hydrogen-bond donors (Lipinski definition) is 1. The van der Waals surface area contributed by atoms with Crippen LogP contribution in [0.15, 0.2) is 24.3 Å². The van der Waals surface area contributed by atoms with Crippen molar-refractivity contribution in [3.8, 4) is 0 Å². The van der Waals surface area contributed by atoms with Crippen molar-refractivity contribution in [2.24, 2.45) is 0 Å². The predicted octanol–water partition coefficient (Wildman–Crippen LogP) is 17.8. The molecule has 402 valence electrons. The van der Waals surface area contributed by atoms with Gasteiger partial charge in [0.05, 0.1) is 27.7 Å². The number of ether oxygens (including phenoxy) is 2. The van der Waals surface area contributed by atoms with Crippen LogP contribution in [0.2, 0.25) is 0 Å². The molecule has 0 aromatic carbocycles. The van der Waals surface area contributed by atoms with Crippen molar-refractivity contribution in [3.63, 3.8) is 0 Å². The number of hydrogen-bond acceptors (Lipinski definition) is 7. The van der Waals surface area contributed by atoms with Gasteiger partial charge < -0.3 is 18.9 Å². The predicted molar refractivity (Wildman–Crippen MR) is 289 cm³/mol. The summed E-state index contributed by atoms with van der Waals surface area (Å²) in [6.45, 7) is 4.45. The summed E-state index contributed by atoms with van der Waals surface area (Å²) in [5.74, 6) is -0.792. The van der Waals surface area contributed by atoms with Gasteiger partial charge in [-0.15, -0.1) is 0 Å². The van der Waals surface area contributed by atoms with Gasteiger partial charge in [0.1, 0.15) is 19.8 Å². The third-order valence-electron chi connectivity index (χ3n) is 13.0. The Bertz CT molecular complexity index is 1200. The molecule has 10 heteroatoms. The normalized spacial score (nSPS) is 13.4. The van der Waals surface area contributed by atoms with Crippen LogP contribution in [0.4, 0.5) is 0 Å². The number of phosphoric acid groups is 1. The van der Waals surface area contributed by atoms with Gasteiger partial charge in [0, 0.05) is 12.8 Å². The molecule has 0 heterocycles. The van der Waals surface area contributed by atoms with Crippen molar-refractivity contribution in [2.45, 2.75) is 290 Å². The molecule has 0 spiro atoms. The zero-order chi connectivity index (χ0) is 49.9. The van der Waals surface area contributed by atoms with Crippen LogP contribution in [0, 0.1) is 0 Å². The third kappa shape index (κ3) is 53.8. The van der Waals surface area contributed by atoms with E-state index in [0.717, 1.165) is 51.4 Å². The van der Waals surface area contributed by atoms with Crippen LogP contribution in [0.25, 0.3) is 0 Å². The highest BCUT2D eigenvalue weighted by molar-refractivity contribution is 7.47. The van der Waals surface area contributed by atoms with E-state index in [1.807, 2.05) is 21.1 Å². The third-order valence-corrected chi connectivity index (χ3v) is 14.0. The molecule has 68 heavy (non-hydrogen) atoms. The Hall–Kier alpha value is -1.51. The van der Waals surface area contributed by atoms with Gasteiger partial charge >= 0.3 is 19.8 Å². The van der Waals surface area contributed by atoms with Gasteiger partial charge in [-0.25, -0.2) is 4.57 Å². The summed E-state index contributed by atoms with van der Waals surface area (Å²) in [6.07, 6.45) is 59.7. The first-order valence-electron chi connectivity index (χ1n) is 29.1. The van der Waals surface area contributed by atoms with Crippen molar-refractivity contribution >= 4 is 19.8 Å². The number of rotatable bonds is 54. The Morgan fingerprint density at radius 2 is 0.794 bits per heavy atom. The summed E-state index contributed by atoms with van der Waals surface area (Å²) >= 11 is 0. The fourth-order valence-electron chi connectivity index (χ4n) is 8.46. The van der Waals surface area contributed by atoms with Gasteiger partial charge in [0.2, 0.25) is 0 Å². The molecule has 1 N–H and O–H groups in total. The lowest BCUT2D eigenvalue weighted by Crippen LogP contribution is -2.37. The molecule has 9 nitrogen and oxygen atoms in total. The van der Waals surface area contributed by atoms with Crippen LogP contribution in [-0.2, 0) is 32.7 Å². The summed E-state index contributed by atoms with van der Waals surface area (Å²) in [7, 11) is 1.48. The van der Waals surface area contributed by atoms with Gasteiger partial charge in [0.15, 0.2) is 6.10 Å². The van der Waals surface area contributed by atoms with Crippen molar-refractivity contribution in [1.82, 2.24) is 0 Å². The minimum absolute atomic E-state index is 0.0323. The van der Waals surface area contributed by atoms with E-state index in [1.54, 1.807) is 0 Å². The number of carbonyl (C=O) groups excluding carboxylic acids is 2. The maximum absolute atomic E-state index is 12.8. The first kappa shape index (κ1) is 66.5. The second kappa shape index (κ2) is 50.4. The fraction of sp³-hybridized carbons (Fsp3) is 0.897. The van der Waals surface area contributed by atoms with Crippen molar-refractivity contribution < 1.29 is 42.1 Å². The van der Waals surface area contributed by atoms with Crippen LogP contribution in [0.3, 0.4) is 0 Å². The lowest BCUT2D eigenvalue weighted by atomic mass is 10.0. The molecule has 0 saturated carbocycles. The average Bonchev–Trinajstić information content (AvgIpc) is 3.30. The highest BCUT2D eigenvalue weighted by Crippen LogP contribution is 2.43. The Morgan fingerprint density at radius 3 is 1.19 bits per heavy atom. The highest BCUT2D eigenvalue weighted by atomic mass is 31.2. The number of likely N-dealkylation sites (N-methyl/N-ethyl adjacent to an activating group) is 1. The molecule has 0 aromatic rings. The Balaban J connectivity index is 4.08. The largest absolute Gasteiger partial charge is 0.472 e. The number of nitrogens with zero attached hydrogens (tertiary/aromatic N) is 1. The molecular weight excluding hydrogens is 870 g/mol. The second-order valence-electron chi connectivity index (χ2n) is 21.0. The van der Waals surface area contributed by atoms with E-state index in [1.165, 1.54) is 199 Å². The van der Waals surface area contributed by atoms with Gasteiger partial charge in [-0.05, 0) is 44.9 Å². The first-order valence-corrected chi connectivity index (χ1v) is 30.6. The van der Waals surface area contributed by atoms with E-state index in [0.29, 0.717) is 23.9 Å². The number of allylic oxidation sites excluding steroid dienone is 4. The molecule has 0 aliphatic heterocycles. The molecule has 2 atom stereocenters. The molecule has 0 bridgehead atoms. The van der Waals surface area contributed by atoms with Crippen LogP contribution in [0.5, 0.6) is 0 Å². The van der Waals surface area contributed by atoms with E-state index in [2.05, 4.69) is 38.2 Å². The van der Waals surface area contributed by atoms with E-state index < -0.39 is 26.5 Å². The summed E-state index contributed by atoms with van der Waals surface area (Å²) in [5, 5.41) is 0.